The van der Waals surface area contributed by atoms with Crippen LogP contribution in [0.4, 0.5) is 0 Å². The third kappa shape index (κ3) is 6.83. The van der Waals surface area contributed by atoms with Gasteiger partial charge in [-0.1, -0.05) is 6.07 Å². The zero-order valence-electron chi connectivity index (χ0n) is 16.6. The Balaban J connectivity index is 1.72. The molecule has 6 nitrogen and oxygen atoms in total. The highest BCUT2D eigenvalue weighted by molar-refractivity contribution is 5.80. The lowest BCUT2D eigenvalue weighted by Gasteiger charge is -2.35. The molecule has 0 radical (unpaired) electrons. The molecule has 0 amide bonds. The number of rotatable bonds is 8. The van der Waals surface area contributed by atoms with Gasteiger partial charge in [-0.3, -0.25) is 9.79 Å². The summed E-state index contributed by atoms with van der Waals surface area (Å²) in [4.78, 5) is 18.9. The molecule has 0 unspecified atom stereocenters. The topological polar surface area (TPSA) is 61.7 Å². The first-order valence-corrected chi connectivity index (χ1v) is 10.0. The van der Waals surface area contributed by atoms with E-state index in [2.05, 4.69) is 36.3 Å². The molecule has 6 heteroatoms. The van der Waals surface area contributed by atoms with Gasteiger partial charge in [0.1, 0.15) is 0 Å². The number of aryl methyl sites for hydroxylation is 1. The fraction of sp³-hybridized carbons (Fsp3) is 0.700. The maximum Gasteiger partial charge on any atom is 0.250 e. The Hall–Kier alpha value is -1.82. The molecule has 0 aromatic carbocycles. The summed E-state index contributed by atoms with van der Waals surface area (Å²) in [6, 6.07) is 6.43. The average molecular weight is 362 g/mol. The number of piperidine rings is 1. The maximum atomic E-state index is 11.7. The molecule has 2 rings (SSSR count). The van der Waals surface area contributed by atoms with Crippen LogP contribution >= 0.6 is 0 Å². The van der Waals surface area contributed by atoms with Crippen LogP contribution < -0.4 is 16.2 Å². The van der Waals surface area contributed by atoms with E-state index in [4.69, 9.17) is 4.99 Å². The molecule has 0 atom stereocenters. The van der Waals surface area contributed by atoms with Crippen molar-refractivity contribution >= 4 is 5.96 Å². The summed E-state index contributed by atoms with van der Waals surface area (Å²) in [5.41, 5.74) is 0.0683. The predicted octanol–water partition coefficient (Wildman–Crippen LogP) is 2.06. The summed E-state index contributed by atoms with van der Waals surface area (Å²) < 4.78 is 1.76. The van der Waals surface area contributed by atoms with Gasteiger partial charge in [0.15, 0.2) is 5.96 Å². The van der Waals surface area contributed by atoms with Gasteiger partial charge in [-0.25, -0.2) is 0 Å². The zero-order valence-corrected chi connectivity index (χ0v) is 16.6. The van der Waals surface area contributed by atoms with Crippen molar-refractivity contribution in [2.24, 2.45) is 4.99 Å². The highest BCUT2D eigenvalue weighted by atomic mass is 16.1. The van der Waals surface area contributed by atoms with Crippen molar-refractivity contribution in [3.05, 3.63) is 34.7 Å². The molecule has 2 N–H and O–H groups in total. The number of aliphatic imine (C=N–C) groups is 1. The first-order chi connectivity index (χ1) is 12.6. The van der Waals surface area contributed by atoms with Crippen molar-refractivity contribution in [1.29, 1.82) is 0 Å². The van der Waals surface area contributed by atoms with Crippen LogP contribution in [0.5, 0.6) is 0 Å². The van der Waals surface area contributed by atoms with Crippen LogP contribution in [0, 0.1) is 0 Å². The van der Waals surface area contributed by atoms with E-state index < -0.39 is 0 Å². The normalized spacial score (nSPS) is 16.8. The number of unbranched alkanes of at least 4 members (excludes halogenated alkanes) is 1. The number of nitrogens with one attached hydrogen (secondary N) is 2. The van der Waals surface area contributed by atoms with Gasteiger partial charge in [-0.15, -0.1) is 0 Å². The second kappa shape index (κ2) is 11.0. The highest BCUT2D eigenvalue weighted by Crippen LogP contribution is 2.12. The van der Waals surface area contributed by atoms with Crippen LogP contribution in [-0.4, -0.2) is 53.7 Å². The number of hydrogen-bond acceptors (Lipinski definition) is 3. The summed E-state index contributed by atoms with van der Waals surface area (Å²) in [6.07, 6.45) is 6.11. The fourth-order valence-electron chi connectivity index (χ4n) is 3.30. The van der Waals surface area contributed by atoms with Crippen molar-refractivity contribution in [3.63, 3.8) is 0 Å². The lowest BCUT2D eigenvalue weighted by molar-refractivity contribution is 0.167. The molecule has 1 aliphatic heterocycles. The van der Waals surface area contributed by atoms with E-state index in [-0.39, 0.29) is 5.56 Å². The number of guanidine groups is 1. The molecule has 0 aliphatic carbocycles. The maximum absolute atomic E-state index is 11.7. The summed E-state index contributed by atoms with van der Waals surface area (Å²) in [7, 11) is 0. The van der Waals surface area contributed by atoms with E-state index in [0.29, 0.717) is 12.1 Å². The van der Waals surface area contributed by atoms with Crippen molar-refractivity contribution < 1.29 is 0 Å². The number of aromatic nitrogens is 1. The molecule has 0 bridgehead atoms. The van der Waals surface area contributed by atoms with Gasteiger partial charge in [-0.2, -0.15) is 0 Å². The molecule has 1 aromatic rings. The van der Waals surface area contributed by atoms with Crippen LogP contribution in [-0.2, 0) is 6.54 Å². The molecule has 0 saturated carbocycles. The third-order valence-electron chi connectivity index (χ3n) is 4.92. The van der Waals surface area contributed by atoms with Gasteiger partial charge in [-0.05, 0) is 52.5 Å². The SMILES string of the molecule is CCNC(=NCCCCn1ccccc1=O)NC1CCN(C(C)C)CC1. The van der Waals surface area contributed by atoms with E-state index >= 15 is 0 Å². The highest BCUT2D eigenvalue weighted by Gasteiger charge is 2.21. The van der Waals surface area contributed by atoms with Gasteiger partial charge in [0.05, 0.1) is 0 Å². The largest absolute Gasteiger partial charge is 0.357 e. The average Bonchev–Trinajstić information content (AvgIpc) is 2.63. The molecule has 26 heavy (non-hydrogen) atoms. The second-order valence-corrected chi connectivity index (χ2v) is 7.25. The van der Waals surface area contributed by atoms with Crippen LogP contribution in [0.15, 0.2) is 34.2 Å². The van der Waals surface area contributed by atoms with E-state index in [1.807, 2.05) is 12.3 Å². The third-order valence-corrected chi connectivity index (χ3v) is 4.92. The standard InChI is InChI=1S/C20H35N5O/c1-4-21-20(23-18-10-15-24(16-11-18)17(2)3)22-12-6-8-14-25-13-7-5-9-19(25)26/h5,7,9,13,17-18H,4,6,8,10-12,14-16H2,1-3H3,(H2,21,22,23). The van der Waals surface area contributed by atoms with Crippen molar-refractivity contribution in [3.8, 4) is 0 Å². The smallest absolute Gasteiger partial charge is 0.250 e. The van der Waals surface area contributed by atoms with Gasteiger partial charge >= 0.3 is 0 Å². The Morgan fingerprint density at radius 2 is 2.04 bits per heavy atom. The quantitative estimate of drug-likeness (QED) is 0.423. The van der Waals surface area contributed by atoms with Crippen molar-refractivity contribution in [2.45, 2.75) is 65.1 Å². The van der Waals surface area contributed by atoms with Crippen LogP contribution in [0.25, 0.3) is 0 Å². The first-order valence-electron chi connectivity index (χ1n) is 10.0. The van der Waals surface area contributed by atoms with Crippen molar-refractivity contribution in [2.75, 3.05) is 26.2 Å². The van der Waals surface area contributed by atoms with E-state index in [1.165, 1.54) is 12.8 Å². The van der Waals surface area contributed by atoms with E-state index in [9.17, 15) is 4.79 Å². The summed E-state index contributed by atoms with van der Waals surface area (Å²) >= 11 is 0. The molecule has 1 fully saturated rings. The fourth-order valence-corrected chi connectivity index (χ4v) is 3.30. The molecular weight excluding hydrogens is 326 g/mol. The molecule has 2 heterocycles. The van der Waals surface area contributed by atoms with Gasteiger partial charge in [0.25, 0.3) is 0 Å². The second-order valence-electron chi connectivity index (χ2n) is 7.25. The first kappa shape index (κ1) is 20.5. The number of pyridine rings is 1. The number of likely N-dealkylation sites (tertiary alicyclic amines) is 1. The monoisotopic (exact) mass is 361 g/mol. The Bertz CT molecular complexity index is 602. The molecule has 1 aliphatic rings. The minimum atomic E-state index is 0.0683. The minimum Gasteiger partial charge on any atom is -0.357 e. The number of hydrogen-bond donors (Lipinski definition) is 2. The van der Waals surface area contributed by atoms with E-state index in [1.54, 1.807) is 16.7 Å². The Morgan fingerprint density at radius 3 is 2.69 bits per heavy atom. The van der Waals surface area contributed by atoms with Crippen LogP contribution in [0.1, 0.15) is 46.5 Å². The van der Waals surface area contributed by atoms with Crippen LogP contribution in [0.3, 0.4) is 0 Å². The zero-order chi connectivity index (χ0) is 18.8. The van der Waals surface area contributed by atoms with E-state index in [0.717, 1.165) is 51.5 Å². The molecular formula is C20H35N5O. The minimum absolute atomic E-state index is 0.0683. The summed E-state index contributed by atoms with van der Waals surface area (Å²) in [5.74, 6) is 0.923. The summed E-state index contributed by atoms with van der Waals surface area (Å²) in [6.45, 7) is 11.3. The van der Waals surface area contributed by atoms with Gasteiger partial charge in [0.2, 0.25) is 5.56 Å². The molecule has 0 spiro atoms. The molecule has 1 saturated heterocycles. The Morgan fingerprint density at radius 1 is 1.27 bits per heavy atom. The molecule has 146 valence electrons. The van der Waals surface area contributed by atoms with Gasteiger partial charge < -0.3 is 20.1 Å². The Kier molecular flexibility index (Phi) is 8.68. The van der Waals surface area contributed by atoms with Crippen LogP contribution in [0.2, 0.25) is 0 Å². The predicted molar refractivity (Wildman–Crippen MR) is 109 cm³/mol. The van der Waals surface area contributed by atoms with Crippen molar-refractivity contribution in [1.82, 2.24) is 20.1 Å². The summed E-state index contributed by atoms with van der Waals surface area (Å²) in [5, 5.41) is 6.94. The lowest BCUT2D eigenvalue weighted by atomic mass is 10.0. The lowest BCUT2D eigenvalue weighted by Crippen LogP contribution is -2.49. The molecule has 1 aromatic heterocycles. The Labute approximate surface area is 157 Å². The van der Waals surface area contributed by atoms with Gasteiger partial charge in [0, 0.05) is 57.1 Å². The number of nitrogens with zero attached hydrogens (tertiary/aromatic N) is 3.